The number of anilines is 1. The van der Waals surface area contributed by atoms with Crippen molar-refractivity contribution < 1.29 is 0 Å². The van der Waals surface area contributed by atoms with Gasteiger partial charge in [0.2, 0.25) is 5.13 Å². The normalized spacial score (nSPS) is 12.9. The lowest BCUT2D eigenvalue weighted by Crippen LogP contribution is -2.21. The second kappa shape index (κ2) is 5.65. The molecule has 0 saturated carbocycles. The van der Waals surface area contributed by atoms with Crippen molar-refractivity contribution in [3.63, 3.8) is 0 Å². The minimum absolute atomic E-state index is 0.258. The Hall–Kier alpha value is -1.17. The van der Waals surface area contributed by atoms with E-state index in [1.54, 1.807) is 0 Å². The van der Waals surface area contributed by atoms with E-state index in [9.17, 15) is 0 Å². The molecular weight excluding hydrogens is 268 g/mol. The number of hydrogen-bond acceptors (Lipinski definition) is 5. The van der Waals surface area contributed by atoms with Crippen molar-refractivity contribution >= 4 is 28.1 Å². The molecule has 0 radical (unpaired) electrons. The van der Waals surface area contributed by atoms with Crippen LogP contribution < -0.4 is 5.73 Å². The predicted molar refractivity (Wildman–Crippen MR) is 75.7 cm³/mol. The standard InChI is InChI=1S/C12H15ClN4S/c1-8(9-4-3-5-10(13)6-9)17(2)7-11-15-16-12(14)18-11/h3-6,8H,7H2,1-2H3,(H2,14,16). The van der Waals surface area contributed by atoms with Crippen molar-refractivity contribution in [3.05, 3.63) is 39.9 Å². The van der Waals surface area contributed by atoms with E-state index in [2.05, 4.69) is 28.1 Å². The van der Waals surface area contributed by atoms with Crippen LogP contribution in [0, 0.1) is 0 Å². The third kappa shape index (κ3) is 3.19. The van der Waals surface area contributed by atoms with Crippen molar-refractivity contribution in [2.75, 3.05) is 12.8 Å². The SMILES string of the molecule is CC(c1cccc(Cl)c1)N(C)Cc1nnc(N)s1. The van der Waals surface area contributed by atoms with E-state index in [0.717, 1.165) is 16.6 Å². The number of nitrogens with two attached hydrogens (primary N) is 1. The Morgan fingerprint density at radius 3 is 2.83 bits per heavy atom. The third-order valence-electron chi connectivity index (χ3n) is 2.86. The second-order valence-corrected chi connectivity index (χ2v) is 5.71. The largest absolute Gasteiger partial charge is 0.374 e. The molecule has 1 unspecified atom stereocenters. The van der Waals surface area contributed by atoms with Crippen molar-refractivity contribution in [3.8, 4) is 0 Å². The van der Waals surface area contributed by atoms with E-state index in [1.807, 2.05) is 25.2 Å². The Balaban J connectivity index is 2.06. The van der Waals surface area contributed by atoms with Crippen molar-refractivity contribution in [1.82, 2.24) is 15.1 Å². The zero-order chi connectivity index (χ0) is 13.1. The van der Waals surface area contributed by atoms with Gasteiger partial charge in [-0.25, -0.2) is 0 Å². The molecule has 1 atom stereocenters. The Morgan fingerprint density at radius 2 is 2.22 bits per heavy atom. The summed E-state index contributed by atoms with van der Waals surface area (Å²) in [6, 6.07) is 8.15. The quantitative estimate of drug-likeness (QED) is 0.937. The fourth-order valence-electron chi connectivity index (χ4n) is 1.70. The fraction of sp³-hybridized carbons (Fsp3) is 0.333. The molecule has 0 saturated heterocycles. The third-order valence-corrected chi connectivity index (χ3v) is 3.83. The van der Waals surface area contributed by atoms with Gasteiger partial charge in [-0.15, -0.1) is 10.2 Å². The molecule has 0 bridgehead atoms. The molecule has 1 aromatic heterocycles. The number of hydrogen-bond donors (Lipinski definition) is 1. The highest BCUT2D eigenvalue weighted by molar-refractivity contribution is 7.15. The van der Waals surface area contributed by atoms with Gasteiger partial charge in [-0.05, 0) is 31.7 Å². The van der Waals surface area contributed by atoms with Crippen LogP contribution in [0.4, 0.5) is 5.13 Å². The lowest BCUT2D eigenvalue weighted by Gasteiger charge is -2.24. The highest BCUT2D eigenvalue weighted by atomic mass is 35.5. The van der Waals surface area contributed by atoms with Gasteiger partial charge in [0.1, 0.15) is 5.01 Å². The Bertz CT molecular complexity index is 528. The van der Waals surface area contributed by atoms with Crippen LogP contribution in [0.3, 0.4) is 0 Å². The molecule has 0 aliphatic rings. The smallest absolute Gasteiger partial charge is 0.203 e. The molecule has 6 heteroatoms. The van der Waals surface area contributed by atoms with Gasteiger partial charge in [-0.1, -0.05) is 35.1 Å². The summed E-state index contributed by atoms with van der Waals surface area (Å²) in [6.45, 7) is 2.86. The first-order valence-electron chi connectivity index (χ1n) is 5.60. The summed E-state index contributed by atoms with van der Waals surface area (Å²) in [4.78, 5) is 2.19. The van der Waals surface area contributed by atoms with E-state index in [4.69, 9.17) is 17.3 Å². The van der Waals surface area contributed by atoms with Crippen LogP contribution in [-0.2, 0) is 6.54 Å². The topological polar surface area (TPSA) is 55.0 Å². The summed E-state index contributed by atoms with van der Waals surface area (Å²) >= 11 is 7.42. The summed E-state index contributed by atoms with van der Waals surface area (Å²) < 4.78 is 0. The molecule has 0 fully saturated rings. The van der Waals surface area contributed by atoms with Crippen LogP contribution in [0.25, 0.3) is 0 Å². The number of nitrogens with zero attached hydrogens (tertiary/aromatic N) is 3. The molecule has 2 rings (SSSR count). The lowest BCUT2D eigenvalue weighted by atomic mass is 10.1. The van der Waals surface area contributed by atoms with Crippen LogP contribution in [0.1, 0.15) is 23.5 Å². The molecule has 96 valence electrons. The molecule has 0 aliphatic heterocycles. The van der Waals surface area contributed by atoms with Gasteiger partial charge in [0, 0.05) is 11.1 Å². The van der Waals surface area contributed by atoms with Crippen LogP contribution in [-0.4, -0.2) is 22.1 Å². The molecule has 0 spiro atoms. The first kappa shape index (κ1) is 13.3. The van der Waals surface area contributed by atoms with Gasteiger partial charge in [0.25, 0.3) is 0 Å². The molecule has 2 aromatic rings. The summed E-state index contributed by atoms with van der Waals surface area (Å²) in [5.41, 5.74) is 6.75. The summed E-state index contributed by atoms with van der Waals surface area (Å²) in [5, 5.41) is 10.0. The molecule has 1 heterocycles. The summed E-state index contributed by atoms with van der Waals surface area (Å²) in [7, 11) is 2.04. The van der Waals surface area contributed by atoms with Gasteiger partial charge in [-0.3, -0.25) is 4.90 Å². The lowest BCUT2D eigenvalue weighted by molar-refractivity contribution is 0.252. The van der Waals surface area contributed by atoms with E-state index in [1.165, 1.54) is 16.9 Å². The van der Waals surface area contributed by atoms with Gasteiger partial charge in [-0.2, -0.15) is 0 Å². The van der Waals surface area contributed by atoms with Crippen molar-refractivity contribution in [2.24, 2.45) is 0 Å². The minimum Gasteiger partial charge on any atom is -0.374 e. The van der Waals surface area contributed by atoms with E-state index in [-0.39, 0.29) is 6.04 Å². The highest BCUT2D eigenvalue weighted by Crippen LogP contribution is 2.24. The molecule has 18 heavy (non-hydrogen) atoms. The number of aromatic nitrogens is 2. The molecule has 0 amide bonds. The second-order valence-electron chi connectivity index (χ2n) is 4.18. The number of nitrogen functional groups attached to an aromatic ring is 1. The highest BCUT2D eigenvalue weighted by Gasteiger charge is 2.14. The van der Waals surface area contributed by atoms with Gasteiger partial charge < -0.3 is 5.73 Å². The Kier molecular flexibility index (Phi) is 4.16. The van der Waals surface area contributed by atoms with Crippen LogP contribution in [0.15, 0.2) is 24.3 Å². The van der Waals surface area contributed by atoms with Crippen LogP contribution in [0.2, 0.25) is 5.02 Å². The van der Waals surface area contributed by atoms with E-state index in [0.29, 0.717) is 5.13 Å². The summed E-state index contributed by atoms with van der Waals surface area (Å²) in [5.74, 6) is 0. The number of rotatable bonds is 4. The monoisotopic (exact) mass is 282 g/mol. The fourth-order valence-corrected chi connectivity index (χ4v) is 2.57. The minimum atomic E-state index is 0.258. The zero-order valence-electron chi connectivity index (χ0n) is 10.3. The van der Waals surface area contributed by atoms with Crippen molar-refractivity contribution in [2.45, 2.75) is 19.5 Å². The Labute approximate surface area is 115 Å². The van der Waals surface area contributed by atoms with Gasteiger partial charge in [0.05, 0.1) is 6.54 Å². The Morgan fingerprint density at radius 1 is 1.44 bits per heavy atom. The first-order valence-corrected chi connectivity index (χ1v) is 6.79. The van der Waals surface area contributed by atoms with E-state index >= 15 is 0 Å². The average molecular weight is 283 g/mol. The molecule has 0 aliphatic carbocycles. The van der Waals surface area contributed by atoms with Crippen LogP contribution >= 0.6 is 22.9 Å². The number of halogens is 1. The van der Waals surface area contributed by atoms with E-state index < -0.39 is 0 Å². The molecule has 1 aromatic carbocycles. The maximum Gasteiger partial charge on any atom is 0.203 e. The maximum absolute atomic E-state index is 6.00. The maximum atomic E-state index is 6.00. The predicted octanol–water partition coefficient (Wildman–Crippen LogP) is 2.97. The average Bonchev–Trinajstić information content (AvgIpc) is 2.73. The van der Waals surface area contributed by atoms with Crippen LogP contribution in [0.5, 0.6) is 0 Å². The molecule has 4 nitrogen and oxygen atoms in total. The van der Waals surface area contributed by atoms with Gasteiger partial charge >= 0.3 is 0 Å². The zero-order valence-corrected chi connectivity index (χ0v) is 11.9. The van der Waals surface area contributed by atoms with Crippen molar-refractivity contribution in [1.29, 1.82) is 0 Å². The molecular formula is C12H15ClN4S. The van der Waals surface area contributed by atoms with Gasteiger partial charge in [0.15, 0.2) is 0 Å². The first-order chi connectivity index (χ1) is 8.56. The number of benzene rings is 1. The summed E-state index contributed by atoms with van der Waals surface area (Å²) in [6.07, 6.45) is 0. The molecule has 2 N–H and O–H groups in total.